The number of aliphatic hydroxyl groups is 1. The van der Waals surface area contributed by atoms with Crippen LogP contribution in [0.15, 0.2) is 48.0 Å². The minimum Gasteiger partial charge on any atom is -0.465 e. The first-order chi connectivity index (χ1) is 60.0. The van der Waals surface area contributed by atoms with Crippen molar-refractivity contribution >= 4 is 100 Å². The Bertz CT molecular complexity index is 4030. The maximum Gasteiger partial charge on any atom is 0.317 e. The van der Waals surface area contributed by atoms with Crippen molar-refractivity contribution in [3.63, 3.8) is 0 Å². The number of aliphatic hydroxyl groups excluding tert-OH is 1. The van der Waals surface area contributed by atoms with E-state index in [1.807, 2.05) is 27.7 Å². The Morgan fingerprint density at radius 3 is 1.29 bits per heavy atom. The van der Waals surface area contributed by atoms with Crippen molar-refractivity contribution in [1.82, 2.24) is 0 Å². The molecular formula is C99H148O30. The largest absolute Gasteiger partial charge is 0.465 e. The zero-order chi connectivity index (χ0) is 96.7. The van der Waals surface area contributed by atoms with Gasteiger partial charge in [0.25, 0.3) is 0 Å². The van der Waals surface area contributed by atoms with Gasteiger partial charge in [-0.1, -0.05) is 102 Å². The van der Waals surface area contributed by atoms with Gasteiger partial charge in [-0.2, -0.15) is 0 Å². The Kier molecular flexibility index (Phi) is 43.9. The molecule has 17 atom stereocenters. The van der Waals surface area contributed by atoms with E-state index in [-0.39, 0.29) is 130 Å². The van der Waals surface area contributed by atoms with Crippen LogP contribution in [0, 0.1) is 63.1 Å². The highest BCUT2D eigenvalue weighted by atomic mass is 16.6. The van der Waals surface area contributed by atoms with Gasteiger partial charge in [-0.3, -0.25) is 81.5 Å². The molecule has 0 aromatic carbocycles. The summed E-state index contributed by atoms with van der Waals surface area (Å²) >= 11 is 0. The van der Waals surface area contributed by atoms with Crippen molar-refractivity contribution in [3.05, 3.63) is 48.0 Å². The molecule has 30 nitrogen and oxygen atoms in total. The van der Waals surface area contributed by atoms with Crippen LogP contribution in [0.4, 0.5) is 0 Å². The van der Waals surface area contributed by atoms with Gasteiger partial charge < -0.3 is 61.9 Å². The van der Waals surface area contributed by atoms with Crippen LogP contribution in [0.25, 0.3) is 0 Å². The smallest absolute Gasteiger partial charge is 0.317 e. The van der Waals surface area contributed by atoms with Gasteiger partial charge in [-0.05, 0) is 249 Å². The molecule has 5 rings (SSSR count). The summed E-state index contributed by atoms with van der Waals surface area (Å²) in [5.41, 5.74) is -4.41. The average molecular weight is 1820 g/mol. The average Bonchev–Trinajstić information content (AvgIpc) is 0.907. The monoisotopic (exact) mass is 1820 g/mol. The van der Waals surface area contributed by atoms with E-state index in [1.54, 1.807) is 41.5 Å². The van der Waals surface area contributed by atoms with Crippen LogP contribution in [0.5, 0.6) is 0 Å². The molecule has 0 radical (unpaired) electrons. The first-order valence-corrected chi connectivity index (χ1v) is 46.4. The molecule has 0 aliphatic heterocycles. The van der Waals surface area contributed by atoms with Gasteiger partial charge in [0.2, 0.25) is 0 Å². The highest BCUT2D eigenvalue weighted by molar-refractivity contribution is 6.01. The summed E-state index contributed by atoms with van der Waals surface area (Å²) in [6.07, 6.45) is 8.21. The molecule has 0 amide bonds. The second-order valence-electron chi connectivity index (χ2n) is 41.0. The third kappa shape index (κ3) is 39.6. The fraction of sp³-hybridized carbons (Fsp3) is 0.747. The SMILES string of the molecule is CC(=O)C(CCC(=O)OC1(C)CCCCCC(OC(=O)CCC(C)(C)C)CC1)C(=O)OC1CCCC(COC(=O)C(C(C)=O)C(C)(C)C)C(OC(O)C(CCC(=O)OC2=C/C=C\C(OC(=O)CCC(C(C)=O)C(=O)OC3CC(OC(=O)C(C(C)=O)C(C)(C)C)CCC3(C)OC(=O)[C@H](CCC(=O)OC3CCCCC(OC(=O)CCC(C)(C)C)CC3)C(C)=O)=C/C=C\2)C(C)=O)C1. The fourth-order valence-electron chi connectivity index (χ4n) is 17.1. The zero-order valence-electron chi connectivity index (χ0n) is 80.2. The molecule has 0 aromatic rings. The summed E-state index contributed by atoms with van der Waals surface area (Å²) in [6, 6.07) is 0. The van der Waals surface area contributed by atoms with E-state index in [1.165, 1.54) is 71.1 Å². The van der Waals surface area contributed by atoms with Crippen LogP contribution in [0.2, 0.25) is 0 Å². The number of ether oxygens (including phenoxy) is 12. The molecule has 5 aliphatic carbocycles. The Labute approximate surface area is 762 Å². The van der Waals surface area contributed by atoms with Crippen LogP contribution < -0.4 is 0 Å². The number of allylic oxidation sites excluding steroid dienone is 6. The van der Waals surface area contributed by atoms with Crippen LogP contribution in [-0.4, -0.2) is 172 Å². The van der Waals surface area contributed by atoms with Crippen LogP contribution >= 0.6 is 0 Å². The molecule has 1 N–H and O–H groups in total. The Hall–Kier alpha value is -8.93. The van der Waals surface area contributed by atoms with Gasteiger partial charge in [0.1, 0.15) is 124 Å². The molecule has 30 heteroatoms. The molecule has 4 fully saturated rings. The number of rotatable bonds is 42. The normalized spacial score (nSPS) is 25.5. The predicted octanol–water partition coefficient (Wildman–Crippen LogP) is 15.9. The van der Waals surface area contributed by atoms with Crippen molar-refractivity contribution in [1.29, 1.82) is 0 Å². The summed E-state index contributed by atoms with van der Waals surface area (Å²) in [7, 11) is 0. The summed E-state index contributed by atoms with van der Waals surface area (Å²) in [4.78, 5) is 229. The third-order valence-electron chi connectivity index (χ3n) is 24.7. The Balaban J connectivity index is 1.21. The van der Waals surface area contributed by atoms with Gasteiger partial charge in [0.05, 0.1) is 18.6 Å². The maximum atomic E-state index is 14.4. The van der Waals surface area contributed by atoms with Crippen molar-refractivity contribution < 1.29 is 143 Å². The van der Waals surface area contributed by atoms with Crippen LogP contribution in [0.1, 0.15) is 344 Å². The van der Waals surface area contributed by atoms with Crippen molar-refractivity contribution in [2.75, 3.05) is 6.61 Å². The molecule has 0 aromatic heterocycles. The number of esters is 11. The van der Waals surface area contributed by atoms with Crippen LogP contribution in [-0.2, 0) is 138 Å². The number of hydrogen-bond donors (Lipinski definition) is 1. The summed E-state index contributed by atoms with van der Waals surface area (Å²) in [5, 5.41) is 11.9. The molecular weight excluding hydrogens is 1670 g/mol. The van der Waals surface area contributed by atoms with Gasteiger partial charge in [0.15, 0.2) is 6.29 Å². The van der Waals surface area contributed by atoms with E-state index in [0.717, 1.165) is 39.5 Å². The molecule has 0 heterocycles. The minimum absolute atomic E-state index is 0.00468. The number of ketones is 6. The molecule has 0 spiro atoms. The predicted molar refractivity (Wildman–Crippen MR) is 471 cm³/mol. The highest BCUT2D eigenvalue weighted by Gasteiger charge is 2.51. The Morgan fingerprint density at radius 1 is 0.388 bits per heavy atom. The minimum atomic E-state index is -1.90. The number of carbonyl (C=O) groups is 17. The second kappa shape index (κ2) is 51.2. The van der Waals surface area contributed by atoms with Gasteiger partial charge >= 0.3 is 65.7 Å². The summed E-state index contributed by atoms with van der Waals surface area (Å²) in [6.45, 7) is 32.7. The summed E-state index contributed by atoms with van der Waals surface area (Å²) < 4.78 is 71.1. The van der Waals surface area contributed by atoms with Crippen molar-refractivity contribution in [2.24, 2.45) is 63.1 Å². The van der Waals surface area contributed by atoms with Crippen molar-refractivity contribution in [3.8, 4) is 0 Å². The van der Waals surface area contributed by atoms with E-state index in [9.17, 15) is 86.6 Å². The van der Waals surface area contributed by atoms with Gasteiger partial charge in [0, 0.05) is 57.3 Å². The zero-order valence-corrected chi connectivity index (χ0v) is 80.2. The lowest BCUT2D eigenvalue weighted by Gasteiger charge is -2.43. The number of Topliss-reactive ketones (excluding diaryl/α,β-unsaturated/α-hetero) is 6. The lowest BCUT2D eigenvalue weighted by atomic mass is 9.78. The lowest BCUT2D eigenvalue weighted by Crippen LogP contribution is -2.53. The highest BCUT2D eigenvalue weighted by Crippen LogP contribution is 2.41. The topological polar surface area (TPSA) is 421 Å². The first kappa shape index (κ1) is 111. The Morgan fingerprint density at radius 2 is 0.806 bits per heavy atom. The molecule has 129 heavy (non-hydrogen) atoms. The van der Waals surface area contributed by atoms with E-state index < -0.39 is 208 Å². The quantitative estimate of drug-likeness (QED) is 0.0195. The van der Waals surface area contributed by atoms with Crippen molar-refractivity contribution in [2.45, 2.75) is 404 Å². The lowest BCUT2D eigenvalue weighted by molar-refractivity contribution is -0.205. The van der Waals surface area contributed by atoms with Gasteiger partial charge in [-0.25, -0.2) is 0 Å². The first-order valence-electron chi connectivity index (χ1n) is 46.4. The molecule has 0 saturated heterocycles. The van der Waals surface area contributed by atoms with E-state index >= 15 is 0 Å². The number of hydrogen-bond acceptors (Lipinski definition) is 30. The summed E-state index contributed by atoms with van der Waals surface area (Å²) in [5.74, 6) is -20.5. The van der Waals surface area contributed by atoms with Crippen LogP contribution in [0.3, 0.4) is 0 Å². The molecule has 0 bridgehead atoms. The standard InChI is InChI=1S/C99H148O30/c1-60(100)74(43-47-85(111)128-98(19)52-25-21-22-30-71(48-55-98)123-84(110)51-54-95(10,11)12)88(112)124-72-37-26-29-66(59-118-92(116)86(64(5)104)96(13,14)15)78(57-72)126-89(113)75(61(2)101)40-44-80(106)119-67-33-27-35-68(36-28-34-67)120-81(107)45-41-76(62(3)102)90(114)127-79-58-73(125-93(117)87(65(6)105)97(16,17)18)49-56-99(79,20)129-91(115)77(63(4)103)42-46-82(108)121-69-31-23-24-32-70(39-38-69)122-83(109)50-53-94(7,8)9/h27-28,33-36,66,69-79,86-87,89,113H,21-26,29-32,37-59H2,1-20H3/b33-27-,34-28?,35-27?,36-28-,67-33?,67-34+,68-35+,68-36?/t66?,69?,70?,71?,72?,73?,74?,75?,76?,77-,78?,79?,86?,87?,89?,98?,99?/m1/s1. The number of carbonyl (C=O) groups excluding carboxylic acids is 17. The van der Waals surface area contributed by atoms with E-state index in [0.29, 0.717) is 83.5 Å². The van der Waals surface area contributed by atoms with E-state index in [2.05, 4.69) is 20.8 Å². The third-order valence-corrected chi connectivity index (χ3v) is 24.7. The maximum absolute atomic E-state index is 14.4. The molecule has 5 aliphatic rings. The van der Waals surface area contributed by atoms with E-state index in [4.69, 9.17) is 56.8 Å². The fourth-order valence-corrected chi connectivity index (χ4v) is 17.1. The molecule has 724 valence electrons. The van der Waals surface area contributed by atoms with Gasteiger partial charge in [-0.15, -0.1) is 0 Å². The second-order valence-corrected chi connectivity index (χ2v) is 41.0. The molecule has 16 unspecified atom stereocenters. The molecule has 4 saturated carbocycles.